The van der Waals surface area contributed by atoms with Crippen molar-refractivity contribution in [3.05, 3.63) is 53.1 Å². The van der Waals surface area contributed by atoms with Crippen LogP contribution in [0, 0.1) is 0 Å². The summed E-state index contributed by atoms with van der Waals surface area (Å²) in [5, 5.41) is 8.02. The van der Waals surface area contributed by atoms with Crippen molar-refractivity contribution in [2.24, 2.45) is 5.14 Å². The molecule has 0 aliphatic heterocycles. The number of carbonyl (C=O) groups is 1. The monoisotopic (exact) mass is 325 g/mol. The molecule has 2 aromatic rings. The van der Waals surface area contributed by atoms with Gasteiger partial charge in [0, 0.05) is 16.4 Å². The second-order valence-corrected chi connectivity index (χ2v) is 6.25. The number of rotatable bonds is 3. The highest BCUT2D eigenvalue weighted by molar-refractivity contribution is 7.89. The van der Waals surface area contributed by atoms with E-state index in [9.17, 15) is 13.2 Å². The Morgan fingerprint density at radius 3 is 2.24 bits per heavy atom. The fourth-order valence-electron chi connectivity index (χ4n) is 1.67. The van der Waals surface area contributed by atoms with Crippen LogP contribution in [0.1, 0.15) is 10.4 Å². The number of hydrogen-bond donors (Lipinski definition) is 3. The normalized spacial score (nSPS) is 11.1. The molecule has 0 aliphatic rings. The second kappa shape index (κ2) is 5.72. The molecule has 0 heterocycles. The van der Waals surface area contributed by atoms with Gasteiger partial charge in [0.2, 0.25) is 10.0 Å². The molecule has 0 unspecified atom stereocenters. The van der Waals surface area contributed by atoms with Crippen LogP contribution in [0.15, 0.2) is 47.4 Å². The van der Waals surface area contributed by atoms with Crippen LogP contribution in [-0.2, 0) is 10.0 Å². The number of anilines is 2. The van der Waals surface area contributed by atoms with Crippen LogP contribution in [0.3, 0.4) is 0 Å². The van der Waals surface area contributed by atoms with E-state index in [0.29, 0.717) is 10.7 Å². The first-order valence-corrected chi connectivity index (χ1v) is 7.69. The largest absolute Gasteiger partial charge is 0.398 e. The summed E-state index contributed by atoms with van der Waals surface area (Å²) in [6.07, 6.45) is 0. The third-order valence-electron chi connectivity index (χ3n) is 2.70. The molecule has 21 heavy (non-hydrogen) atoms. The molecule has 0 saturated carbocycles. The molecule has 0 fully saturated rings. The SMILES string of the molecule is Nc1cc(Cl)ccc1C(=O)Nc1ccc(S(N)(=O)=O)cc1. The third kappa shape index (κ3) is 3.72. The number of nitrogen functional groups attached to an aromatic ring is 1. The maximum atomic E-state index is 12.1. The van der Waals surface area contributed by atoms with Crippen molar-refractivity contribution in [1.29, 1.82) is 0 Å². The van der Waals surface area contributed by atoms with E-state index in [1.54, 1.807) is 6.07 Å². The predicted molar refractivity (Wildman–Crippen MR) is 81.6 cm³/mol. The predicted octanol–water partition coefficient (Wildman–Crippen LogP) is 1.82. The summed E-state index contributed by atoms with van der Waals surface area (Å²) in [5.74, 6) is -0.424. The Labute approximate surface area is 126 Å². The number of nitrogens with one attached hydrogen (secondary N) is 1. The van der Waals surface area contributed by atoms with Crippen LogP contribution in [0.5, 0.6) is 0 Å². The van der Waals surface area contributed by atoms with Crippen molar-refractivity contribution in [2.45, 2.75) is 4.90 Å². The Morgan fingerprint density at radius 2 is 1.71 bits per heavy atom. The highest BCUT2D eigenvalue weighted by Crippen LogP contribution is 2.20. The number of amides is 1. The van der Waals surface area contributed by atoms with E-state index in [0.717, 1.165) is 0 Å². The molecule has 0 saturated heterocycles. The van der Waals surface area contributed by atoms with Gasteiger partial charge in [-0.1, -0.05) is 11.6 Å². The number of carbonyl (C=O) groups excluding carboxylic acids is 1. The van der Waals surface area contributed by atoms with Crippen LogP contribution in [-0.4, -0.2) is 14.3 Å². The lowest BCUT2D eigenvalue weighted by Crippen LogP contribution is -2.15. The van der Waals surface area contributed by atoms with E-state index in [4.69, 9.17) is 22.5 Å². The summed E-state index contributed by atoms with van der Waals surface area (Å²) in [5.41, 5.74) is 6.66. The van der Waals surface area contributed by atoms with Crippen molar-refractivity contribution in [1.82, 2.24) is 0 Å². The van der Waals surface area contributed by atoms with Crippen molar-refractivity contribution in [3.63, 3.8) is 0 Å². The number of hydrogen-bond acceptors (Lipinski definition) is 4. The average Bonchev–Trinajstić information content (AvgIpc) is 2.38. The lowest BCUT2D eigenvalue weighted by atomic mass is 10.1. The van der Waals surface area contributed by atoms with Gasteiger partial charge in [0.15, 0.2) is 0 Å². The molecule has 110 valence electrons. The molecule has 0 bridgehead atoms. The number of sulfonamides is 1. The molecule has 5 N–H and O–H groups in total. The van der Waals surface area contributed by atoms with Gasteiger partial charge in [-0.25, -0.2) is 13.6 Å². The minimum Gasteiger partial charge on any atom is -0.398 e. The van der Waals surface area contributed by atoms with E-state index in [1.807, 2.05) is 0 Å². The lowest BCUT2D eigenvalue weighted by molar-refractivity contribution is 0.102. The molecule has 0 aliphatic carbocycles. The van der Waals surface area contributed by atoms with Gasteiger partial charge in [-0.15, -0.1) is 0 Å². The Bertz CT molecular complexity index is 789. The molecule has 8 heteroatoms. The molecule has 0 radical (unpaired) electrons. The first-order valence-electron chi connectivity index (χ1n) is 5.76. The lowest BCUT2D eigenvalue weighted by Gasteiger charge is -2.08. The van der Waals surface area contributed by atoms with Crippen molar-refractivity contribution >= 4 is 38.9 Å². The van der Waals surface area contributed by atoms with E-state index >= 15 is 0 Å². The Kier molecular flexibility index (Phi) is 4.17. The molecule has 1 amide bonds. The number of nitrogens with two attached hydrogens (primary N) is 2. The smallest absolute Gasteiger partial charge is 0.257 e. The van der Waals surface area contributed by atoms with Crippen LogP contribution in [0.25, 0.3) is 0 Å². The fraction of sp³-hybridized carbons (Fsp3) is 0. The van der Waals surface area contributed by atoms with Crippen molar-refractivity contribution in [3.8, 4) is 0 Å². The molecule has 0 atom stereocenters. The van der Waals surface area contributed by atoms with Crippen molar-refractivity contribution in [2.75, 3.05) is 11.1 Å². The van der Waals surface area contributed by atoms with Crippen LogP contribution in [0.2, 0.25) is 5.02 Å². The van der Waals surface area contributed by atoms with E-state index in [-0.39, 0.29) is 16.1 Å². The maximum absolute atomic E-state index is 12.1. The minimum atomic E-state index is -3.76. The number of benzene rings is 2. The Morgan fingerprint density at radius 1 is 1.10 bits per heavy atom. The zero-order chi connectivity index (χ0) is 15.6. The van der Waals surface area contributed by atoms with Gasteiger partial charge in [0.25, 0.3) is 5.91 Å². The van der Waals surface area contributed by atoms with Crippen LogP contribution >= 0.6 is 11.6 Å². The summed E-state index contributed by atoms with van der Waals surface area (Å²) >= 11 is 5.76. The van der Waals surface area contributed by atoms with E-state index < -0.39 is 15.9 Å². The highest BCUT2D eigenvalue weighted by Gasteiger charge is 2.11. The van der Waals surface area contributed by atoms with Crippen LogP contribution in [0.4, 0.5) is 11.4 Å². The maximum Gasteiger partial charge on any atom is 0.257 e. The molecule has 2 aromatic carbocycles. The van der Waals surface area contributed by atoms with Gasteiger partial charge in [-0.3, -0.25) is 4.79 Å². The zero-order valence-corrected chi connectivity index (χ0v) is 12.3. The second-order valence-electron chi connectivity index (χ2n) is 4.26. The molecule has 0 aromatic heterocycles. The first-order chi connectivity index (χ1) is 9.77. The first kappa shape index (κ1) is 15.3. The minimum absolute atomic E-state index is 0.0356. The summed E-state index contributed by atoms with van der Waals surface area (Å²) in [6, 6.07) is 10.0. The van der Waals surface area contributed by atoms with E-state index in [2.05, 4.69) is 5.32 Å². The summed E-state index contributed by atoms with van der Waals surface area (Å²) in [7, 11) is -3.76. The average molecular weight is 326 g/mol. The zero-order valence-electron chi connectivity index (χ0n) is 10.7. The molecule has 0 spiro atoms. The quantitative estimate of drug-likeness (QED) is 0.746. The van der Waals surface area contributed by atoms with Gasteiger partial charge in [0.1, 0.15) is 0 Å². The highest BCUT2D eigenvalue weighted by atomic mass is 35.5. The topological polar surface area (TPSA) is 115 Å². The van der Waals surface area contributed by atoms with Gasteiger partial charge in [-0.05, 0) is 42.5 Å². The summed E-state index contributed by atoms with van der Waals surface area (Å²) in [6.45, 7) is 0. The summed E-state index contributed by atoms with van der Waals surface area (Å²) in [4.78, 5) is 12.0. The fourth-order valence-corrected chi connectivity index (χ4v) is 2.36. The molecule has 6 nitrogen and oxygen atoms in total. The Hall–Kier alpha value is -2.09. The molecular weight excluding hydrogens is 314 g/mol. The number of primary sulfonamides is 1. The molecule has 2 rings (SSSR count). The number of halogens is 1. The third-order valence-corrected chi connectivity index (χ3v) is 3.86. The van der Waals surface area contributed by atoms with E-state index in [1.165, 1.54) is 36.4 Å². The standard InChI is InChI=1S/C13H12ClN3O3S/c14-8-1-6-11(12(15)7-8)13(18)17-9-2-4-10(5-3-9)21(16,19)20/h1-7H,15H2,(H,17,18)(H2,16,19,20). The van der Waals surface area contributed by atoms with Gasteiger partial charge in [-0.2, -0.15) is 0 Å². The van der Waals surface area contributed by atoms with Gasteiger partial charge in [0.05, 0.1) is 10.5 Å². The van der Waals surface area contributed by atoms with Crippen molar-refractivity contribution < 1.29 is 13.2 Å². The van der Waals surface area contributed by atoms with Gasteiger partial charge < -0.3 is 11.1 Å². The Balaban J connectivity index is 2.20. The molecular formula is C13H12ClN3O3S. The van der Waals surface area contributed by atoms with Crippen LogP contribution < -0.4 is 16.2 Å². The summed E-state index contributed by atoms with van der Waals surface area (Å²) < 4.78 is 22.3. The van der Waals surface area contributed by atoms with Gasteiger partial charge >= 0.3 is 0 Å².